The molecule has 0 amide bonds. The summed E-state index contributed by atoms with van der Waals surface area (Å²) in [5, 5.41) is 3.21. The van der Waals surface area contributed by atoms with Gasteiger partial charge < -0.3 is 24.7 Å². The summed E-state index contributed by atoms with van der Waals surface area (Å²) in [5.74, 6) is -0.696. The minimum atomic E-state index is -0.403. The van der Waals surface area contributed by atoms with Crippen LogP contribution in [-0.2, 0) is 18.5 Å². The first-order chi connectivity index (χ1) is 10.6. The van der Waals surface area contributed by atoms with E-state index in [1.165, 1.54) is 19.2 Å². The maximum atomic E-state index is 12.1. The molecule has 7 heteroatoms. The topological polar surface area (TPSA) is 82.8 Å². The lowest BCUT2D eigenvalue weighted by Crippen LogP contribution is -2.22. The van der Waals surface area contributed by atoms with Gasteiger partial charge in [0.05, 0.1) is 20.8 Å². The molecule has 1 unspecified atom stereocenters. The lowest BCUT2D eigenvalue weighted by molar-refractivity contribution is -0.142. The summed E-state index contributed by atoms with van der Waals surface area (Å²) in [5.41, 5.74) is 9.20. The smallest absolute Gasteiger partial charge is 0.315 e. The van der Waals surface area contributed by atoms with Gasteiger partial charge in [0.15, 0.2) is 0 Å². The number of hydrogen-bond donors (Lipinski definition) is 2. The number of carbonyl (C=O) groups excluding carboxylic acids is 1. The lowest BCUT2D eigenvalue weighted by Gasteiger charge is -2.15. The van der Waals surface area contributed by atoms with Gasteiger partial charge in [-0.05, 0) is 23.8 Å². The van der Waals surface area contributed by atoms with Crippen molar-refractivity contribution in [2.24, 2.45) is 5.92 Å². The molecule has 0 fully saturated rings. The number of esters is 1. The highest BCUT2D eigenvalue weighted by Crippen LogP contribution is 2.36. The molecule has 1 aliphatic heterocycles. The van der Waals surface area contributed by atoms with E-state index in [-0.39, 0.29) is 5.97 Å². The molecule has 0 spiro atoms. The van der Waals surface area contributed by atoms with E-state index >= 15 is 0 Å². The van der Waals surface area contributed by atoms with Crippen molar-refractivity contribution in [2.45, 2.75) is 4.90 Å². The van der Waals surface area contributed by atoms with Crippen LogP contribution in [0.3, 0.4) is 0 Å². The van der Waals surface area contributed by atoms with Crippen LogP contribution >= 0.6 is 12.0 Å². The molecule has 0 bridgehead atoms. The van der Waals surface area contributed by atoms with Crippen LogP contribution in [0.25, 0.3) is 5.57 Å². The maximum absolute atomic E-state index is 12.1. The Labute approximate surface area is 134 Å². The minimum absolute atomic E-state index is 0.294. The van der Waals surface area contributed by atoms with Crippen molar-refractivity contribution in [1.29, 1.82) is 0 Å². The molecule has 0 aliphatic carbocycles. The van der Waals surface area contributed by atoms with Gasteiger partial charge in [0.2, 0.25) is 0 Å². The summed E-state index contributed by atoms with van der Waals surface area (Å²) in [6.45, 7) is 0.853. The third-order valence-corrected chi connectivity index (χ3v) is 4.08. The number of hydrogen-bond acceptors (Lipinski definition) is 7. The van der Waals surface area contributed by atoms with Gasteiger partial charge in [-0.3, -0.25) is 4.79 Å². The number of benzene rings is 1. The molecule has 1 aliphatic rings. The second kappa shape index (κ2) is 7.53. The van der Waals surface area contributed by atoms with Crippen LogP contribution < -0.4 is 11.1 Å². The van der Waals surface area contributed by atoms with E-state index in [0.717, 1.165) is 21.7 Å². The highest BCUT2D eigenvalue weighted by Gasteiger charge is 2.33. The Bertz CT molecular complexity index is 589. The van der Waals surface area contributed by atoms with Gasteiger partial charge in [-0.25, -0.2) is 0 Å². The van der Waals surface area contributed by atoms with E-state index in [2.05, 4.69) is 5.32 Å². The van der Waals surface area contributed by atoms with Crippen molar-refractivity contribution in [3.8, 4) is 0 Å². The zero-order valence-corrected chi connectivity index (χ0v) is 13.7. The van der Waals surface area contributed by atoms with Gasteiger partial charge in [0.1, 0.15) is 5.92 Å². The first-order valence-electron chi connectivity index (χ1n) is 6.76. The van der Waals surface area contributed by atoms with Gasteiger partial charge in [-0.1, -0.05) is 0 Å². The molecule has 6 nitrogen and oxygen atoms in total. The molecule has 1 aromatic rings. The quantitative estimate of drug-likeness (QED) is 0.468. The Morgan fingerprint density at radius 1 is 1.41 bits per heavy atom. The number of anilines is 1. The Morgan fingerprint density at radius 2 is 2.18 bits per heavy atom. The number of rotatable bonds is 6. The van der Waals surface area contributed by atoms with Crippen molar-refractivity contribution in [3.63, 3.8) is 0 Å². The van der Waals surface area contributed by atoms with Crippen molar-refractivity contribution in [1.82, 2.24) is 5.32 Å². The van der Waals surface area contributed by atoms with Crippen LogP contribution in [0.4, 0.5) is 5.69 Å². The molecule has 0 saturated heterocycles. The van der Waals surface area contributed by atoms with E-state index in [1.807, 2.05) is 12.1 Å². The van der Waals surface area contributed by atoms with Crippen LogP contribution in [0.1, 0.15) is 5.56 Å². The van der Waals surface area contributed by atoms with Crippen LogP contribution in [0, 0.1) is 5.92 Å². The number of methoxy groups -OCH3 is 2. The third kappa shape index (κ3) is 3.37. The van der Waals surface area contributed by atoms with Crippen LogP contribution in [0.2, 0.25) is 0 Å². The molecule has 120 valence electrons. The number of ether oxygens (including phenoxy) is 2. The van der Waals surface area contributed by atoms with Crippen LogP contribution in [0.5, 0.6) is 0 Å². The zero-order valence-electron chi connectivity index (χ0n) is 12.8. The summed E-state index contributed by atoms with van der Waals surface area (Å²) in [6.07, 6.45) is 0. The van der Waals surface area contributed by atoms with Crippen LogP contribution in [0.15, 0.2) is 28.8 Å². The summed E-state index contributed by atoms with van der Waals surface area (Å²) >= 11 is 1.24. The van der Waals surface area contributed by atoms with Crippen molar-refractivity contribution in [2.75, 3.05) is 40.2 Å². The predicted octanol–water partition coefficient (Wildman–Crippen LogP) is 1.67. The molecule has 3 N–H and O–H groups in total. The summed E-state index contributed by atoms with van der Waals surface area (Å²) in [7, 11) is 4.60. The molecule has 0 aromatic heterocycles. The van der Waals surface area contributed by atoms with Crippen molar-refractivity contribution >= 4 is 29.3 Å². The molecule has 1 atom stereocenters. The van der Waals surface area contributed by atoms with Gasteiger partial charge >= 0.3 is 5.97 Å². The van der Waals surface area contributed by atoms with E-state index in [9.17, 15) is 4.79 Å². The maximum Gasteiger partial charge on any atom is 0.315 e. The second-order valence-corrected chi connectivity index (χ2v) is 5.75. The highest BCUT2D eigenvalue weighted by molar-refractivity contribution is 7.94. The van der Waals surface area contributed by atoms with E-state index in [1.54, 1.807) is 20.3 Å². The average molecular weight is 324 g/mol. The first kappa shape index (κ1) is 16.7. The SMILES string of the molecule is COCC1=C(c2cc(SOC)ccc2N)C(C(=O)OC)CN1. The third-order valence-electron chi connectivity index (χ3n) is 3.46. The fourth-order valence-electron chi connectivity index (χ4n) is 2.52. The Kier molecular flexibility index (Phi) is 5.70. The molecule has 1 heterocycles. The predicted molar refractivity (Wildman–Crippen MR) is 86.0 cm³/mol. The van der Waals surface area contributed by atoms with Crippen molar-refractivity contribution in [3.05, 3.63) is 29.5 Å². The fraction of sp³-hybridized carbons (Fsp3) is 0.400. The normalized spacial score (nSPS) is 17.5. The average Bonchev–Trinajstić information content (AvgIpc) is 2.92. The molecule has 22 heavy (non-hydrogen) atoms. The fourth-order valence-corrected chi connectivity index (χ4v) is 3.00. The molecular weight excluding hydrogens is 304 g/mol. The van der Waals surface area contributed by atoms with Gasteiger partial charge in [0, 0.05) is 47.5 Å². The monoisotopic (exact) mass is 324 g/mol. The molecule has 1 aromatic carbocycles. The molecule has 2 rings (SSSR count). The standard InChI is InChI=1S/C15H20N2O4S/c1-19-8-13-14(11(7-17-13)15(18)20-2)10-6-9(22-21-3)4-5-12(10)16/h4-6,11,17H,7-8,16H2,1-3H3. The molecule has 0 radical (unpaired) electrons. The summed E-state index contributed by atoms with van der Waals surface area (Å²) in [6, 6.07) is 5.59. The molecular formula is C15H20N2O4S. The van der Waals surface area contributed by atoms with Crippen molar-refractivity contribution < 1.29 is 18.5 Å². The van der Waals surface area contributed by atoms with Gasteiger partial charge in [-0.2, -0.15) is 0 Å². The lowest BCUT2D eigenvalue weighted by atomic mass is 9.92. The number of nitrogen functional groups attached to an aromatic ring is 1. The first-order valence-corrected chi connectivity index (χ1v) is 7.50. The Morgan fingerprint density at radius 3 is 2.82 bits per heavy atom. The Balaban J connectivity index is 2.50. The Hall–Kier alpha value is -1.70. The molecule has 0 saturated carbocycles. The summed E-state index contributed by atoms with van der Waals surface area (Å²) < 4.78 is 15.2. The zero-order chi connectivity index (χ0) is 16.1. The minimum Gasteiger partial charge on any atom is -0.468 e. The highest BCUT2D eigenvalue weighted by atomic mass is 32.2. The van der Waals surface area contributed by atoms with E-state index < -0.39 is 5.92 Å². The van der Waals surface area contributed by atoms with Gasteiger partial charge in [0.25, 0.3) is 0 Å². The van der Waals surface area contributed by atoms with Crippen LogP contribution in [-0.4, -0.2) is 40.5 Å². The second-order valence-electron chi connectivity index (χ2n) is 4.78. The van der Waals surface area contributed by atoms with Gasteiger partial charge in [-0.15, -0.1) is 0 Å². The number of carbonyl (C=O) groups is 1. The van der Waals surface area contributed by atoms with E-state index in [0.29, 0.717) is 18.8 Å². The number of nitrogens with one attached hydrogen (secondary N) is 1. The summed E-state index contributed by atoms with van der Waals surface area (Å²) in [4.78, 5) is 13.0. The number of nitrogens with two attached hydrogens (primary N) is 1. The largest absolute Gasteiger partial charge is 0.468 e. The van der Waals surface area contributed by atoms with E-state index in [4.69, 9.17) is 19.4 Å².